The number of esters is 1. The van der Waals surface area contributed by atoms with Crippen LogP contribution in [0.1, 0.15) is 24.1 Å². The van der Waals surface area contributed by atoms with Gasteiger partial charge in [0.15, 0.2) is 0 Å². The zero-order chi connectivity index (χ0) is 13.9. The fraction of sp³-hybridized carbons (Fsp3) is 0.294. The summed E-state index contributed by atoms with van der Waals surface area (Å²) in [6.07, 6.45) is 1.77. The summed E-state index contributed by atoms with van der Waals surface area (Å²) >= 11 is 0. The highest BCUT2D eigenvalue weighted by Crippen LogP contribution is 2.53. The molecule has 1 aromatic carbocycles. The number of rotatable bonds is 4. The van der Waals surface area contributed by atoms with E-state index in [1.54, 1.807) is 6.20 Å². The second-order valence-corrected chi connectivity index (χ2v) is 5.26. The van der Waals surface area contributed by atoms with Gasteiger partial charge < -0.3 is 4.74 Å². The molecule has 0 spiro atoms. The van der Waals surface area contributed by atoms with Crippen molar-refractivity contribution in [3.05, 3.63) is 66.0 Å². The summed E-state index contributed by atoms with van der Waals surface area (Å²) in [5.41, 5.74) is 2.00. The molecule has 0 amide bonds. The van der Waals surface area contributed by atoms with E-state index in [0.717, 1.165) is 11.3 Å². The van der Waals surface area contributed by atoms with Crippen molar-refractivity contribution in [2.24, 2.45) is 11.8 Å². The van der Waals surface area contributed by atoms with Crippen LogP contribution in [0.3, 0.4) is 0 Å². The first-order valence-corrected chi connectivity index (χ1v) is 6.89. The molecule has 20 heavy (non-hydrogen) atoms. The first-order chi connectivity index (χ1) is 9.77. The van der Waals surface area contributed by atoms with Gasteiger partial charge in [0.2, 0.25) is 0 Å². The normalized spacial score (nSPS) is 24.1. The van der Waals surface area contributed by atoms with Crippen molar-refractivity contribution in [2.45, 2.75) is 19.4 Å². The zero-order valence-corrected chi connectivity index (χ0v) is 11.4. The van der Waals surface area contributed by atoms with Crippen LogP contribution in [0.2, 0.25) is 0 Å². The number of hydrogen-bond acceptors (Lipinski definition) is 3. The summed E-state index contributed by atoms with van der Waals surface area (Å²) in [5, 5.41) is 0. The van der Waals surface area contributed by atoms with Crippen molar-refractivity contribution >= 4 is 5.97 Å². The molecule has 0 unspecified atom stereocenters. The molecule has 3 heteroatoms. The van der Waals surface area contributed by atoms with Crippen LogP contribution in [0, 0.1) is 11.8 Å². The Bertz CT molecular complexity index is 582. The van der Waals surface area contributed by atoms with E-state index < -0.39 is 0 Å². The lowest BCUT2D eigenvalue weighted by Crippen LogP contribution is -2.08. The predicted octanol–water partition coefficient (Wildman–Crippen LogP) is 3.17. The molecule has 1 heterocycles. The number of carbonyl (C=O) groups is 1. The summed E-state index contributed by atoms with van der Waals surface area (Å²) in [4.78, 5) is 16.5. The van der Waals surface area contributed by atoms with E-state index in [1.807, 2.05) is 48.5 Å². The molecule has 102 valence electrons. The van der Waals surface area contributed by atoms with Gasteiger partial charge in [-0.1, -0.05) is 43.3 Å². The van der Waals surface area contributed by atoms with Crippen LogP contribution in [0.15, 0.2) is 54.7 Å². The largest absolute Gasteiger partial charge is 0.461 e. The van der Waals surface area contributed by atoms with Crippen LogP contribution in [0.5, 0.6) is 0 Å². The molecule has 0 N–H and O–H groups in total. The van der Waals surface area contributed by atoms with E-state index in [2.05, 4.69) is 11.9 Å². The Balaban J connectivity index is 1.59. The summed E-state index contributed by atoms with van der Waals surface area (Å²) in [6, 6.07) is 15.6. The Morgan fingerprint density at radius 1 is 1.15 bits per heavy atom. The maximum absolute atomic E-state index is 12.1. The average molecular weight is 267 g/mol. The molecule has 1 saturated carbocycles. The lowest BCUT2D eigenvalue weighted by Gasteiger charge is -2.04. The van der Waals surface area contributed by atoms with Crippen LogP contribution >= 0.6 is 0 Å². The summed E-state index contributed by atoms with van der Waals surface area (Å²) in [5.74, 6) is 0.360. The smallest absolute Gasteiger partial charge is 0.310 e. The molecule has 2 aromatic rings. The van der Waals surface area contributed by atoms with Crippen molar-refractivity contribution in [2.75, 3.05) is 0 Å². The van der Waals surface area contributed by atoms with Crippen molar-refractivity contribution in [3.8, 4) is 0 Å². The van der Waals surface area contributed by atoms with E-state index in [9.17, 15) is 4.79 Å². The number of benzene rings is 1. The molecule has 1 fully saturated rings. The Kier molecular flexibility index (Phi) is 3.50. The van der Waals surface area contributed by atoms with Gasteiger partial charge in [-0.05, 0) is 23.6 Å². The minimum absolute atomic E-state index is 0.0476. The second-order valence-electron chi connectivity index (χ2n) is 5.26. The van der Waals surface area contributed by atoms with Gasteiger partial charge in [-0.3, -0.25) is 9.78 Å². The Labute approximate surface area is 118 Å². The van der Waals surface area contributed by atoms with Crippen molar-refractivity contribution < 1.29 is 9.53 Å². The third kappa shape index (κ3) is 2.57. The van der Waals surface area contributed by atoms with Gasteiger partial charge in [-0.25, -0.2) is 0 Å². The first kappa shape index (κ1) is 12.9. The monoisotopic (exact) mass is 267 g/mol. The van der Waals surface area contributed by atoms with E-state index in [1.165, 1.54) is 0 Å². The highest BCUT2D eigenvalue weighted by Gasteiger charge is 2.54. The van der Waals surface area contributed by atoms with Gasteiger partial charge in [-0.15, -0.1) is 0 Å². The topological polar surface area (TPSA) is 39.2 Å². The third-order valence-corrected chi connectivity index (χ3v) is 3.90. The summed E-state index contributed by atoms with van der Waals surface area (Å²) < 4.78 is 5.41. The molecule has 0 saturated heterocycles. The highest BCUT2D eigenvalue weighted by atomic mass is 16.5. The molecule has 3 atom stereocenters. The van der Waals surface area contributed by atoms with Gasteiger partial charge in [0.25, 0.3) is 0 Å². The van der Waals surface area contributed by atoms with Gasteiger partial charge in [0, 0.05) is 17.8 Å². The Morgan fingerprint density at radius 2 is 1.90 bits per heavy atom. The average Bonchev–Trinajstić information content (AvgIpc) is 3.18. The fourth-order valence-corrected chi connectivity index (χ4v) is 2.68. The number of aromatic nitrogens is 1. The van der Waals surface area contributed by atoms with Crippen molar-refractivity contribution in [3.63, 3.8) is 0 Å². The van der Waals surface area contributed by atoms with Gasteiger partial charge in [-0.2, -0.15) is 0 Å². The maximum Gasteiger partial charge on any atom is 0.310 e. The molecule has 1 aliphatic carbocycles. The van der Waals surface area contributed by atoms with Crippen LogP contribution in [0.25, 0.3) is 0 Å². The third-order valence-electron chi connectivity index (χ3n) is 3.90. The lowest BCUT2D eigenvalue weighted by atomic mass is 10.2. The molecular formula is C17H17NO2. The van der Waals surface area contributed by atoms with Gasteiger partial charge in [0.05, 0.1) is 5.92 Å². The molecule has 0 radical (unpaired) electrons. The molecule has 3 rings (SSSR count). The molecule has 0 bridgehead atoms. The number of nitrogens with zero attached hydrogens (tertiary/aromatic N) is 1. The minimum Gasteiger partial charge on any atom is -0.461 e. The molecule has 3 nitrogen and oxygen atoms in total. The van der Waals surface area contributed by atoms with Crippen LogP contribution < -0.4 is 0 Å². The first-order valence-electron chi connectivity index (χ1n) is 6.89. The van der Waals surface area contributed by atoms with Crippen LogP contribution in [-0.4, -0.2) is 11.0 Å². The highest BCUT2D eigenvalue weighted by molar-refractivity contribution is 5.78. The summed E-state index contributed by atoms with van der Waals surface area (Å²) in [7, 11) is 0. The number of carbonyl (C=O) groups excluding carboxylic acids is 1. The van der Waals surface area contributed by atoms with Crippen LogP contribution in [-0.2, 0) is 16.1 Å². The Morgan fingerprint density at radius 3 is 2.60 bits per heavy atom. The fourth-order valence-electron chi connectivity index (χ4n) is 2.68. The molecule has 1 aromatic heterocycles. The van der Waals surface area contributed by atoms with E-state index in [-0.39, 0.29) is 17.8 Å². The van der Waals surface area contributed by atoms with E-state index in [0.29, 0.717) is 12.5 Å². The number of ether oxygens (including phenoxy) is 1. The van der Waals surface area contributed by atoms with Crippen molar-refractivity contribution in [1.82, 2.24) is 4.98 Å². The van der Waals surface area contributed by atoms with Crippen LogP contribution in [0.4, 0.5) is 0 Å². The van der Waals surface area contributed by atoms with Gasteiger partial charge >= 0.3 is 5.97 Å². The van der Waals surface area contributed by atoms with E-state index in [4.69, 9.17) is 4.74 Å². The molecule has 1 aliphatic rings. The second kappa shape index (κ2) is 5.45. The quantitative estimate of drug-likeness (QED) is 0.799. The number of pyridine rings is 1. The Hall–Kier alpha value is -2.16. The number of hydrogen-bond donors (Lipinski definition) is 0. The molecule has 0 aliphatic heterocycles. The maximum atomic E-state index is 12.1. The molecular weight excluding hydrogens is 250 g/mol. The standard InChI is InChI=1S/C17H17NO2/c1-12-15(14-9-5-6-10-18-14)16(12)17(19)20-11-13-7-3-2-4-8-13/h2-10,12,15-16H,11H2,1H3/t12-,15-,16+/m1/s1. The predicted molar refractivity (Wildman–Crippen MR) is 75.9 cm³/mol. The minimum atomic E-state index is -0.114. The van der Waals surface area contributed by atoms with Gasteiger partial charge in [0.1, 0.15) is 6.61 Å². The zero-order valence-electron chi connectivity index (χ0n) is 11.4. The SMILES string of the molecule is C[C@H]1[C@H](C(=O)OCc2ccccc2)[C@H]1c1ccccn1. The summed E-state index contributed by atoms with van der Waals surface area (Å²) in [6.45, 7) is 2.42. The van der Waals surface area contributed by atoms with E-state index >= 15 is 0 Å². The lowest BCUT2D eigenvalue weighted by molar-refractivity contribution is -0.147. The van der Waals surface area contributed by atoms with Crippen molar-refractivity contribution in [1.29, 1.82) is 0 Å².